The molecule has 0 unspecified atom stereocenters. The minimum Gasteiger partial charge on any atom is -0.508 e. The summed E-state index contributed by atoms with van der Waals surface area (Å²) in [5.41, 5.74) is 4.49. The Balaban J connectivity index is 0.000000806. The SMILES string of the molecule is S=PI.[3H]Oc1ccc([C@@H]2Sc3c(C)cc(C)cc3O[C@@H]2c2ccc(O)cc2)cc1. The number of halogens is 1. The van der Waals surface area contributed by atoms with Gasteiger partial charge >= 0.3 is 0 Å². The smallest absolute Gasteiger partial charge is 0.293 e. The van der Waals surface area contributed by atoms with Crippen molar-refractivity contribution in [3.63, 3.8) is 0 Å². The molecule has 0 amide bonds. The van der Waals surface area contributed by atoms with E-state index in [-0.39, 0.29) is 17.1 Å². The average Bonchev–Trinajstić information content (AvgIpc) is 2.74. The Kier molecular flexibility index (Phi) is 7.29. The van der Waals surface area contributed by atoms with Crippen molar-refractivity contribution in [3.8, 4) is 17.2 Å². The van der Waals surface area contributed by atoms with E-state index in [1.807, 2.05) is 24.3 Å². The fourth-order valence-electron chi connectivity index (χ4n) is 3.35. The summed E-state index contributed by atoms with van der Waals surface area (Å²) in [5.74, 6) is 1.65. The lowest BCUT2D eigenvalue weighted by molar-refractivity contribution is 0.190. The molecule has 3 aromatic carbocycles. The molecule has 1 heterocycles. The Morgan fingerprint density at radius 3 is 2.24 bits per heavy atom. The molecule has 0 aromatic heterocycles. The molecule has 1 aliphatic heterocycles. The number of hydrogen-bond donors (Lipinski definition) is 2. The molecule has 0 bridgehead atoms. The Morgan fingerprint density at radius 2 is 1.62 bits per heavy atom. The zero-order valence-electron chi connectivity index (χ0n) is 16.8. The maximum atomic E-state index is 9.65. The number of ether oxygens (including phenoxy) is 1. The van der Waals surface area contributed by atoms with Gasteiger partial charge in [0.1, 0.15) is 23.4 Å². The minimum atomic E-state index is -0.188. The van der Waals surface area contributed by atoms with Crippen LogP contribution in [-0.4, -0.2) is 11.6 Å². The number of thioether (sulfide) groups is 1. The summed E-state index contributed by atoms with van der Waals surface area (Å²) in [6, 6.07) is 19.0. The lowest BCUT2D eigenvalue weighted by Gasteiger charge is -2.34. The number of aromatic hydroxyl groups is 2. The molecule has 0 spiro atoms. The molecule has 0 saturated heterocycles. The maximum Gasteiger partial charge on any atom is 0.293 e. The van der Waals surface area contributed by atoms with Gasteiger partial charge in [-0.1, -0.05) is 30.3 Å². The molecule has 1 aliphatic rings. The fourth-order valence-corrected chi connectivity index (χ4v) is 4.70. The molecule has 3 nitrogen and oxygen atoms in total. The van der Waals surface area contributed by atoms with E-state index in [1.54, 1.807) is 36.0 Å². The van der Waals surface area contributed by atoms with Crippen LogP contribution in [0.3, 0.4) is 0 Å². The van der Waals surface area contributed by atoms with Gasteiger partial charge in [-0.05, 0) is 100 Å². The summed E-state index contributed by atoms with van der Waals surface area (Å²) in [4.78, 5) is 2.12. The van der Waals surface area contributed by atoms with Crippen molar-refractivity contribution in [2.45, 2.75) is 30.1 Å². The monoisotopic (exact) mass is 556 g/mol. The normalized spacial score (nSPS) is 18.0. The molecule has 0 fully saturated rings. The molecule has 150 valence electrons. The van der Waals surface area contributed by atoms with Crippen LogP contribution >= 0.6 is 38.8 Å². The molecule has 3 aromatic rings. The van der Waals surface area contributed by atoms with Crippen LogP contribution in [-0.2, 0) is 11.8 Å². The predicted octanol–water partition coefficient (Wildman–Crippen LogP) is 7.43. The summed E-state index contributed by atoms with van der Waals surface area (Å²) in [7, 11) is 0. The molecule has 29 heavy (non-hydrogen) atoms. The highest BCUT2D eigenvalue weighted by molar-refractivity contribution is 14.2. The molecule has 4 rings (SSSR count). The second kappa shape index (κ2) is 10.1. The van der Waals surface area contributed by atoms with Gasteiger partial charge in [-0.15, -0.1) is 11.8 Å². The van der Waals surface area contributed by atoms with Gasteiger partial charge in [-0.2, -0.15) is 0 Å². The van der Waals surface area contributed by atoms with Crippen LogP contribution in [0, 0.1) is 13.8 Å². The molecule has 0 radical (unpaired) electrons. The summed E-state index contributed by atoms with van der Waals surface area (Å²) < 4.78 is 13.5. The molecular weight excluding hydrogens is 534 g/mol. The van der Waals surface area contributed by atoms with Gasteiger partial charge in [0.05, 0.1) is 10.1 Å². The van der Waals surface area contributed by atoms with Gasteiger partial charge in [-0.3, -0.25) is 0 Å². The van der Waals surface area contributed by atoms with Crippen molar-refractivity contribution in [1.29, 1.82) is 1.43 Å². The summed E-state index contributed by atoms with van der Waals surface area (Å²) >= 11 is 8.22. The van der Waals surface area contributed by atoms with E-state index in [2.05, 4.69) is 64.9 Å². The number of rotatable bonds is 3. The van der Waals surface area contributed by atoms with Crippen LogP contribution in [0.2, 0.25) is 0 Å². The van der Waals surface area contributed by atoms with E-state index in [4.69, 9.17) is 6.17 Å². The van der Waals surface area contributed by atoms with E-state index in [1.165, 1.54) is 11.1 Å². The summed E-state index contributed by atoms with van der Waals surface area (Å²) in [5, 5.41) is 14.2. The zero-order valence-corrected chi connectivity index (χ0v) is 20.5. The predicted molar refractivity (Wildman–Crippen MR) is 132 cm³/mol. The van der Waals surface area contributed by atoms with Gasteiger partial charge in [-0.25, -0.2) is 0 Å². The second-order valence-electron chi connectivity index (χ2n) is 6.72. The van der Waals surface area contributed by atoms with E-state index >= 15 is 0 Å². The highest BCUT2D eigenvalue weighted by atomic mass is 127. The van der Waals surface area contributed by atoms with Gasteiger partial charge in [0.25, 0.3) is 1.43 Å². The van der Waals surface area contributed by atoms with Crippen molar-refractivity contribution in [2.75, 3.05) is 0 Å². The number of benzene rings is 3. The Hall–Kier alpha value is -1.34. The lowest BCUT2D eigenvalue weighted by atomic mass is 9.99. The third-order valence-corrected chi connectivity index (χ3v) is 6.12. The highest BCUT2D eigenvalue weighted by Crippen LogP contribution is 2.54. The summed E-state index contributed by atoms with van der Waals surface area (Å²) in [6.07, 6.45) is -0.188. The zero-order chi connectivity index (χ0) is 21.7. The largest absolute Gasteiger partial charge is 0.508 e. The third kappa shape index (κ3) is 5.43. The number of phenolic OH excluding ortho intramolecular Hbond substituents is 2. The van der Waals surface area contributed by atoms with Crippen LogP contribution < -0.4 is 4.74 Å². The quantitative estimate of drug-likeness (QED) is 0.260. The molecule has 0 aliphatic carbocycles. The Labute approximate surface area is 196 Å². The van der Waals surface area contributed by atoms with E-state index in [0.29, 0.717) is 5.75 Å². The van der Waals surface area contributed by atoms with Crippen LogP contribution in [0.1, 0.15) is 33.6 Å². The van der Waals surface area contributed by atoms with E-state index in [0.717, 1.165) is 26.8 Å². The molecule has 2 atom stereocenters. The Morgan fingerprint density at radius 1 is 1.03 bits per heavy atom. The Bertz CT molecular complexity index is 1020. The lowest BCUT2D eigenvalue weighted by Crippen LogP contribution is -2.19. The topological polar surface area (TPSA) is 49.7 Å². The van der Waals surface area contributed by atoms with Gasteiger partial charge in [0, 0.05) is 5.00 Å². The average molecular weight is 556 g/mol. The van der Waals surface area contributed by atoms with Gasteiger partial charge in [0.2, 0.25) is 0 Å². The van der Waals surface area contributed by atoms with Crippen LogP contribution in [0.25, 0.3) is 0 Å². The number of phenols is 2. The highest BCUT2D eigenvalue weighted by Gasteiger charge is 2.34. The first-order valence-corrected chi connectivity index (χ1v) is 14.4. The van der Waals surface area contributed by atoms with Crippen molar-refractivity contribution in [1.82, 2.24) is 0 Å². The van der Waals surface area contributed by atoms with E-state index < -0.39 is 0 Å². The van der Waals surface area contributed by atoms with Crippen molar-refractivity contribution in [3.05, 3.63) is 82.9 Å². The van der Waals surface area contributed by atoms with Crippen molar-refractivity contribution >= 4 is 50.6 Å². The van der Waals surface area contributed by atoms with Crippen molar-refractivity contribution in [2.24, 2.45) is 0 Å². The maximum absolute atomic E-state index is 9.65. The molecular formula is C22H20IO3PS2. The molecule has 2 N–H and O–H groups in total. The minimum absolute atomic E-state index is 0.0447. The van der Waals surface area contributed by atoms with Crippen LogP contribution in [0.4, 0.5) is 0 Å². The standard InChI is InChI=1S/C22H20O3S.IPS/c1-13-11-14(2)21-19(12-13)25-20(15-3-7-17(23)8-4-15)22(26-21)16-5-9-18(24)10-6-16;1-2-3/h3-12,20,22-24H,1-2H3;/t20-,22+;/m1./s1/i/hT. The number of aryl methyl sites for hydroxylation is 2. The third-order valence-electron chi connectivity index (χ3n) is 4.59. The first kappa shape index (κ1) is 20.9. The van der Waals surface area contributed by atoms with Gasteiger partial charge in [0.15, 0.2) is 0 Å². The van der Waals surface area contributed by atoms with Crippen LogP contribution in [0.15, 0.2) is 65.6 Å². The second-order valence-corrected chi connectivity index (χ2v) is 12.0. The van der Waals surface area contributed by atoms with Crippen LogP contribution in [0.5, 0.6) is 17.2 Å². The molecule has 0 saturated carbocycles. The first-order chi connectivity index (χ1) is 14.5. The molecule has 7 heteroatoms. The fraction of sp³-hybridized carbons (Fsp3) is 0.182. The van der Waals surface area contributed by atoms with Gasteiger partial charge < -0.3 is 15.0 Å². The number of fused-ring (bicyclic) bond motifs is 1. The summed E-state index contributed by atoms with van der Waals surface area (Å²) in [6.45, 7) is 4.18. The van der Waals surface area contributed by atoms with E-state index in [9.17, 15) is 5.11 Å². The first-order valence-electron chi connectivity index (χ1n) is 9.28. The van der Waals surface area contributed by atoms with Crippen molar-refractivity contribution < 1.29 is 15.0 Å². The number of hydrogen-bond acceptors (Lipinski definition) is 5.